The smallest absolute Gasteiger partial charge is 0.356 e. The summed E-state index contributed by atoms with van der Waals surface area (Å²) in [5.41, 5.74) is -2.02. The van der Waals surface area contributed by atoms with Crippen LogP contribution in [0, 0.1) is 5.92 Å². The molecule has 21 heavy (non-hydrogen) atoms. The van der Waals surface area contributed by atoms with E-state index in [1.54, 1.807) is 0 Å². The number of halogens is 3. The maximum absolute atomic E-state index is 12.8. The van der Waals surface area contributed by atoms with Gasteiger partial charge in [-0.3, -0.25) is 4.79 Å². The Kier molecular flexibility index (Phi) is 4.34. The van der Waals surface area contributed by atoms with E-state index in [2.05, 4.69) is 10.6 Å². The lowest BCUT2D eigenvalue weighted by Gasteiger charge is -2.34. The third kappa shape index (κ3) is 3.79. The zero-order chi connectivity index (χ0) is 15.7. The molecule has 5 nitrogen and oxygen atoms in total. The van der Waals surface area contributed by atoms with E-state index < -0.39 is 17.7 Å². The number of likely N-dealkylation sites (tertiary alicyclic amines) is 1. The van der Waals surface area contributed by atoms with Gasteiger partial charge in [0.2, 0.25) is 5.91 Å². The van der Waals surface area contributed by atoms with Gasteiger partial charge in [0.15, 0.2) is 0 Å². The zero-order valence-electron chi connectivity index (χ0n) is 11.9. The molecule has 2 N–H and O–H groups in total. The normalized spacial score (nSPS) is 24.4. The lowest BCUT2D eigenvalue weighted by atomic mass is 9.98. The molecule has 8 heteroatoms. The van der Waals surface area contributed by atoms with Crippen LogP contribution in [0.1, 0.15) is 32.6 Å². The molecule has 1 unspecified atom stereocenters. The quantitative estimate of drug-likeness (QED) is 0.832. The summed E-state index contributed by atoms with van der Waals surface area (Å²) in [6, 6.07) is -0.655. The number of hydrogen-bond acceptors (Lipinski definition) is 2. The van der Waals surface area contributed by atoms with Crippen LogP contribution in [0.4, 0.5) is 18.0 Å². The van der Waals surface area contributed by atoms with Gasteiger partial charge in [0.1, 0.15) is 5.54 Å². The van der Waals surface area contributed by atoms with Crippen LogP contribution in [0.5, 0.6) is 0 Å². The first kappa shape index (κ1) is 15.9. The first-order valence-corrected chi connectivity index (χ1v) is 7.12. The van der Waals surface area contributed by atoms with Crippen molar-refractivity contribution < 1.29 is 22.8 Å². The Balaban J connectivity index is 1.86. The summed E-state index contributed by atoms with van der Waals surface area (Å²) in [5, 5.41) is 4.82. The summed E-state index contributed by atoms with van der Waals surface area (Å²) in [7, 11) is 0. The number of alkyl halides is 3. The zero-order valence-corrected chi connectivity index (χ0v) is 11.9. The Morgan fingerprint density at radius 1 is 1.33 bits per heavy atom. The van der Waals surface area contributed by atoms with E-state index >= 15 is 0 Å². The maximum Gasteiger partial charge on any atom is 0.411 e. The third-order valence-corrected chi connectivity index (χ3v) is 4.08. The summed E-state index contributed by atoms with van der Waals surface area (Å²) >= 11 is 0. The van der Waals surface area contributed by atoms with Gasteiger partial charge < -0.3 is 15.5 Å². The van der Waals surface area contributed by atoms with Crippen molar-refractivity contribution in [2.45, 2.75) is 44.3 Å². The van der Waals surface area contributed by atoms with Gasteiger partial charge in [-0.2, -0.15) is 13.2 Å². The predicted octanol–water partition coefficient (Wildman–Crippen LogP) is 1.64. The highest BCUT2D eigenvalue weighted by molar-refractivity contribution is 5.76. The molecule has 120 valence electrons. The van der Waals surface area contributed by atoms with Crippen molar-refractivity contribution in [1.82, 2.24) is 15.5 Å². The number of rotatable bonds is 3. The van der Waals surface area contributed by atoms with Crippen LogP contribution in [0.3, 0.4) is 0 Å². The molecule has 0 aromatic rings. The second-order valence-corrected chi connectivity index (χ2v) is 5.90. The van der Waals surface area contributed by atoms with E-state index in [1.807, 2.05) is 0 Å². The van der Waals surface area contributed by atoms with Gasteiger partial charge in [0.05, 0.1) is 0 Å². The van der Waals surface area contributed by atoms with E-state index in [-0.39, 0.29) is 24.7 Å². The monoisotopic (exact) mass is 307 g/mol. The number of carbonyl (C=O) groups excluding carboxylic acids is 2. The molecule has 2 fully saturated rings. The maximum atomic E-state index is 12.8. The molecule has 0 bridgehead atoms. The van der Waals surface area contributed by atoms with E-state index in [9.17, 15) is 22.8 Å². The highest BCUT2D eigenvalue weighted by atomic mass is 19.4. The molecular weight excluding hydrogens is 287 g/mol. The van der Waals surface area contributed by atoms with Crippen LogP contribution in [-0.2, 0) is 4.79 Å². The molecule has 0 spiro atoms. The summed E-state index contributed by atoms with van der Waals surface area (Å²) in [6.45, 7) is 2.69. The first-order chi connectivity index (χ1) is 9.73. The van der Waals surface area contributed by atoms with Crippen LogP contribution in [-0.4, -0.2) is 48.2 Å². The van der Waals surface area contributed by atoms with Crippen molar-refractivity contribution in [3.63, 3.8) is 0 Å². The second kappa shape index (κ2) is 5.73. The molecule has 1 heterocycles. The van der Waals surface area contributed by atoms with Crippen molar-refractivity contribution in [2.75, 3.05) is 19.6 Å². The second-order valence-electron chi connectivity index (χ2n) is 5.90. The molecule has 2 aliphatic rings. The third-order valence-electron chi connectivity index (χ3n) is 4.08. The van der Waals surface area contributed by atoms with Crippen LogP contribution in [0.25, 0.3) is 0 Å². The minimum atomic E-state index is -4.39. The van der Waals surface area contributed by atoms with Crippen LogP contribution in [0.15, 0.2) is 0 Å². The average molecular weight is 307 g/mol. The molecule has 0 aromatic carbocycles. The van der Waals surface area contributed by atoms with Crippen molar-refractivity contribution in [3.05, 3.63) is 0 Å². The Morgan fingerprint density at radius 2 is 2.00 bits per heavy atom. The highest BCUT2D eigenvalue weighted by Gasteiger charge is 2.64. The minimum absolute atomic E-state index is 0.0502. The average Bonchev–Trinajstić information content (AvgIpc) is 3.17. The predicted molar refractivity (Wildman–Crippen MR) is 69.5 cm³/mol. The molecule has 3 amide bonds. The number of nitrogens with zero attached hydrogens (tertiary/aromatic N) is 1. The molecular formula is C13H20F3N3O2. The lowest BCUT2D eigenvalue weighted by Crippen LogP contribution is -2.55. The summed E-state index contributed by atoms with van der Waals surface area (Å²) < 4.78 is 38.5. The van der Waals surface area contributed by atoms with Crippen LogP contribution >= 0.6 is 0 Å². The van der Waals surface area contributed by atoms with Gasteiger partial charge >= 0.3 is 12.2 Å². The fourth-order valence-corrected chi connectivity index (χ4v) is 2.59. The van der Waals surface area contributed by atoms with Gasteiger partial charge in [-0.1, -0.05) is 0 Å². The lowest BCUT2D eigenvalue weighted by molar-refractivity contribution is -0.163. The highest BCUT2D eigenvalue weighted by Crippen LogP contribution is 2.49. The van der Waals surface area contributed by atoms with Gasteiger partial charge in [-0.25, -0.2) is 4.79 Å². The van der Waals surface area contributed by atoms with E-state index in [0.29, 0.717) is 19.6 Å². The van der Waals surface area contributed by atoms with Gasteiger partial charge in [-0.15, -0.1) is 0 Å². The topological polar surface area (TPSA) is 61.4 Å². The molecule has 1 aliphatic heterocycles. The number of piperidine rings is 1. The number of amides is 3. The molecule has 1 saturated carbocycles. The number of hydrogen-bond donors (Lipinski definition) is 2. The van der Waals surface area contributed by atoms with Crippen molar-refractivity contribution >= 4 is 11.9 Å². The summed E-state index contributed by atoms with van der Waals surface area (Å²) in [4.78, 5) is 24.3. The number of urea groups is 1. The Morgan fingerprint density at radius 3 is 2.52 bits per heavy atom. The summed E-state index contributed by atoms with van der Waals surface area (Å²) in [5.74, 6) is -0.0555. The Labute approximate surface area is 121 Å². The fraction of sp³-hybridized carbons (Fsp3) is 0.846. The molecule has 0 aromatic heterocycles. The van der Waals surface area contributed by atoms with E-state index in [0.717, 1.165) is 12.8 Å². The Hall–Kier alpha value is -1.47. The first-order valence-electron chi connectivity index (χ1n) is 7.12. The van der Waals surface area contributed by atoms with Gasteiger partial charge in [0.25, 0.3) is 0 Å². The fourth-order valence-electron chi connectivity index (χ4n) is 2.59. The van der Waals surface area contributed by atoms with E-state index in [1.165, 1.54) is 11.8 Å². The Bertz CT molecular complexity index is 421. The standard InChI is InChI=1S/C13H20F3N3O2/c1-9(20)17-7-10-3-2-6-19(8-10)11(21)18-12(4-5-12)13(14,15)16/h10H,2-8H2,1H3,(H,17,20)(H,18,21). The minimum Gasteiger partial charge on any atom is -0.356 e. The van der Waals surface area contributed by atoms with Crippen molar-refractivity contribution in [3.8, 4) is 0 Å². The number of carbonyl (C=O) groups is 2. The molecule has 1 aliphatic carbocycles. The van der Waals surface area contributed by atoms with Crippen molar-refractivity contribution in [1.29, 1.82) is 0 Å². The van der Waals surface area contributed by atoms with E-state index in [4.69, 9.17) is 0 Å². The molecule has 0 radical (unpaired) electrons. The summed E-state index contributed by atoms with van der Waals surface area (Å²) in [6.07, 6.45) is -2.91. The molecule has 1 atom stereocenters. The van der Waals surface area contributed by atoms with Gasteiger partial charge in [0, 0.05) is 26.6 Å². The largest absolute Gasteiger partial charge is 0.411 e. The molecule has 2 rings (SSSR count). The van der Waals surface area contributed by atoms with Gasteiger partial charge in [-0.05, 0) is 31.6 Å². The van der Waals surface area contributed by atoms with Crippen molar-refractivity contribution in [2.24, 2.45) is 5.92 Å². The molecule has 1 saturated heterocycles. The van der Waals surface area contributed by atoms with Crippen LogP contribution < -0.4 is 10.6 Å². The SMILES string of the molecule is CC(=O)NCC1CCCN(C(=O)NC2(C(F)(F)F)CC2)C1. The van der Waals surface area contributed by atoms with Crippen LogP contribution in [0.2, 0.25) is 0 Å². The number of nitrogens with one attached hydrogen (secondary N) is 2.